The predicted molar refractivity (Wildman–Crippen MR) is 288 cm³/mol. The van der Waals surface area contributed by atoms with Crippen molar-refractivity contribution in [3.05, 3.63) is 0 Å². The zero-order valence-electron chi connectivity index (χ0n) is 48.6. The van der Waals surface area contributed by atoms with Gasteiger partial charge in [-0.3, -0.25) is 47.9 Å². The van der Waals surface area contributed by atoms with E-state index < -0.39 is 225 Å². The number of aliphatic hydroxyl groups excluding tert-OH is 10. The van der Waals surface area contributed by atoms with Crippen molar-refractivity contribution < 1.29 is 99.0 Å². The summed E-state index contributed by atoms with van der Waals surface area (Å²) in [4.78, 5) is 144. The first-order valence-corrected chi connectivity index (χ1v) is 26.7. The van der Waals surface area contributed by atoms with Crippen LogP contribution in [0.3, 0.4) is 0 Å². The minimum atomic E-state index is -1.32. The van der Waals surface area contributed by atoms with Crippen molar-refractivity contribution in [3.63, 3.8) is 0 Å². The minimum Gasteiger partial charge on any atom is -0.392 e. The SMILES string of the molecule is CC(O)CNCC(=O)N(CC(=O)N(CC(=O)N(CC(=O)N(CC(=O)N(CC(=O)N(CC(=O)N(CC(=O)N(CC(=O)N(CC(N)=O)CC(C)O)CC(C)O)CC(C)O)CC(C)O)CC(C)O)CC(C)O)CC(C)O)CC(C)O)CC(C)O. The van der Waals surface area contributed by atoms with Crippen molar-refractivity contribution in [2.24, 2.45) is 5.73 Å². The van der Waals surface area contributed by atoms with Crippen LogP contribution in [0.25, 0.3) is 0 Å². The van der Waals surface area contributed by atoms with Gasteiger partial charge in [0, 0.05) is 65.4 Å². The third-order valence-corrected chi connectivity index (χ3v) is 11.2. The van der Waals surface area contributed by atoms with E-state index >= 15 is 0 Å². The molecule has 31 nitrogen and oxygen atoms in total. The number of rotatable bonds is 40. The van der Waals surface area contributed by atoms with Gasteiger partial charge in [0.15, 0.2) is 0 Å². The topological polar surface area (TPSA) is 440 Å². The van der Waals surface area contributed by atoms with Gasteiger partial charge in [-0.25, -0.2) is 0 Å². The van der Waals surface area contributed by atoms with Crippen LogP contribution in [-0.4, -0.2) is 346 Å². The first-order valence-electron chi connectivity index (χ1n) is 26.7. The van der Waals surface area contributed by atoms with Crippen LogP contribution in [0.1, 0.15) is 69.2 Å². The molecule has 0 aliphatic rings. The van der Waals surface area contributed by atoms with Crippen LogP contribution in [0, 0.1) is 0 Å². The highest BCUT2D eigenvalue weighted by Crippen LogP contribution is 2.10. The van der Waals surface area contributed by atoms with Gasteiger partial charge in [-0.05, 0) is 69.2 Å². The molecule has 0 fully saturated rings. The molecule has 10 atom stereocenters. The number of hydrogen-bond donors (Lipinski definition) is 12. The maximum Gasteiger partial charge on any atom is 0.242 e. The lowest BCUT2D eigenvalue weighted by Gasteiger charge is -2.34. The Kier molecular flexibility index (Phi) is 35.4. The van der Waals surface area contributed by atoms with Gasteiger partial charge in [-0.1, -0.05) is 0 Å². The Morgan fingerprint density at radius 2 is 0.420 bits per heavy atom. The molecule has 10 amide bonds. The fourth-order valence-electron chi connectivity index (χ4n) is 7.96. The predicted octanol–water partition coefficient (Wildman–Crippen LogP) is -8.67. The summed E-state index contributed by atoms with van der Waals surface area (Å²) in [6.45, 7) is 1.56. The Hall–Kier alpha value is -5.74. The Balaban J connectivity index is 6.80. The largest absolute Gasteiger partial charge is 0.392 e. The highest BCUT2D eigenvalue weighted by molar-refractivity contribution is 5.94. The van der Waals surface area contributed by atoms with Crippen LogP contribution in [0.5, 0.6) is 0 Å². The van der Waals surface area contributed by atoms with E-state index in [1.54, 1.807) is 0 Å². The fourth-order valence-corrected chi connectivity index (χ4v) is 7.96. The quantitative estimate of drug-likeness (QED) is 0.0271. The molecule has 10 unspecified atom stereocenters. The summed E-state index contributed by atoms with van der Waals surface area (Å²) < 4.78 is 0. The second-order valence-corrected chi connectivity index (χ2v) is 21.1. The van der Waals surface area contributed by atoms with Gasteiger partial charge < -0.3 is 106 Å². The molecule has 0 aliphatic carbocycles. The normalized spacial score (nSPS) is 15.0. The molecule has 0 aromatic heterocycles. The molecule has 81 heavy (non-hydrogen) atoms. The van der Waals surface area contributed by atoms with Crippen LogP contribution in [0.2, 0.25) is 0 Å². The second-order valence-electron chi connectivity index (χ2n) is 21.1. The van der Waals surface area contributed by atoms with E-state index in [0.29, 0.717) is 0 Å². The smallest absolute Gasteiger partial charge is 0.242 e. The molecule has 0 aromatic carbocycles. The second kappa shape index (κ2) is 38.1. The summed E-state index contributed by atoms with van der Waals surface area (Å²) in [5.41, 5.74) is 5.27. The lowest BCUT2D eigenvalue weighted by Crippen LogP contribution is -2.55. The van der Waals surface area contributed by atoms with E-state index in [1.807, 2.05) is 0 Å². The lowest BCUT2D eigenvalue weighted by atomic mass is 10.2. The molecule has 468 valence electrons. The monoisotopic (exact) mass is 1170 g/mol. The standard InChI is InChI=1S/C50H93N11O20/c1-31(62)11-52-12-42(73)54(14-33(3)64)23-44(75)56(16-35(5)66)25-46(77)58(18-37(7)68)27-48(79)60(20-39(9)70)29-50(81)61(21-40(10)71)30-49(80)59(19-38(8)69)28-47(78)57(17-36(6)67)26-45(76)55(15-34(4)65)24-43(74)53(13-32(2)63)22-41(51)72/h31-40,52,62-71H,11-30H2,1-10H3,(H2,51,72). The van der Waals surface area contributed by atoms with Gasteiger partial charge in [0.2, 0.25) is 59.1 Å². The van der Waals surface area contributed by atoms with Crippen molar-refractivity contribution in [1.82, 2.24) is 49.4 Å². The molecule has 0 spiro atoms. The molecule has 0 saturated heterocycles. The molecular formula is C50H93N11O20. The number of carbonyl (C=O) groups excluding carboxylic acids is 10. The number of nitrogens with zero attached hydrogens (tertiary/aromatic N) is 9. The van der Waals surface area contributed by atoms with Crippen molar-refractivity contribution in [3.8, 4) is 0 Å². The van der Waals surface area contributed by atoms with Crippen molar-refractivity contribution in [1.29, 1.82) is 0 Å². The van der Waals surface area contributed by atoms with E-state index in [9.17, 15) is 99.0 Å². The molecule has 0 aliphatic heterocycles. The van der Waals surface area contributed by atoms with E-state index in [1.165, 1.54) is 69.2 Å². The maximum atomic E-state index is 14.2. The summed E-state index contributed by atoms with van der Waals surface area (Å²) in [7, 11) is 0. The lowest BCUT2D eigenvalue weighted by molar-refractivity contribution is -0.151. The molecular weight excluding hydrogens is 1070 g/mol. The molecule has 0 saturated carbocycles. The van der Waals surface area contributed by atoms with E-state index in [-0.39, 0.29) is 26.2 Å². The van der Waals surface area contributed by atoms with Crippen molar-refractivity contribution in [2.45, 2.75) is 130 Å². The molecule has 0 radical (unpaired) electrons. The van der Waals surface area contributed by atoms with Crippen molar-refractivity contribution >= 4 is 59.1 Å². The number of amides is 10. The Labute approximate surface area is 473 Å². The number of aliphatic hydroxyl groups is 10. The van der Waals surface area contributed by atoms with Crippen LogP contribution in [-0.2, 0) is 47.9 Å². The first-order chi connectivity index (χ1) is 37.4. The summed E-state index contributed by atoms with van der Waals surface area (Å²) in [6, 6.07) is 0. The summed E-state index contributed by atoms with van der Waals surface area (Å²) in [5.74, 6) is -9.09. The fraction of sp³-hybridized carbons (Fsp3) is 0.800. The summed E-state index contributed by atoms with van der Waals surface area (Å²) in [6.07, 6.45) is -11.9. The number of primary amides is 1. The minimum absolute atomic E-state index is 0.0384. The van der Waals surface area contributed by atoms with E-state index in [4.69, 9.17) is 5.73 Å². The van der Waals surface area contributed by atoms with Crippen LogP contribution < -0.4 is 11.1 Å². The maximum absolute atomic E-state index is 14.2. The van der Waals surface area contributed by atoms with Gasteiger partial charge in [-0.2, -0.15) is 0 Å². The zero-order chi connectivity index (χ0) is 62.6. The third kappa shape index (κ3) is 33.1. The Morgan fingerprint density at radius 1 is 0.272 bits per heavy atom. The highest BCUT2D eigenvalue weighted by Gasteiger charge is 2.34. The molecule has 13 N–H and O–H groups in total. The molecule has 0 bridgehead atoms. The van der Waals surface area contributed by atoms with Crippen LogP contribution in [0.4, 0.5) is 0 Å². The summed E-state index contributed by atoms with van der Waals surface area (Å²) in [5, 5.41) is 105. The van der Waals surface area contributed by atoms with Gasteiger partial charge in [0.1, 0.15) is 0 Å². The third-order valence-electron chi connectivity index (χ3n) is 11.2. The van der Waals surface area contributed by atoms with Crippen LogP contribution >= 0.6 is 0 Å². The zero-order valence-corrected chi connectivity index (χ0v) is 48.6. The summed E-state index contributed by atoms with van der Waals surface area (Å²) >= 11 is 0. The highest BCUT2D eigenvalue weighted by atomic mass is 16.3. The van der Waals surface area contributed by atoms with Gasteiger partial charge in [0.25, 0.3) is 0 Å². The molecule has 0 heterocycles. The Morgan fingerprint density at radius 3 is 0.556 bits per heavy atom. The van der Waals surface area contributed by atoms with E-state index in [0.717, 1.165) is 44.1 Å². The van der Waals surface area contributed by atoms with Gasteiger partial charge >= 0.3 is 0 Å². The first kappa shape index (κ1) is 75.3. The number of carbonyl (C=O) groups is 10. The van der Waals surface area contributed by atoms with Crippen molar-refractivity contribution in [2.75, 3.05) is 131 Å². The number of hydrogen-bond acceptors (Lipinski definition) is 21. The van der Waals surface area contributed by atoms with E-state index in [2.05, 4.69) is 5.32 Å². The molecule has 0 aromatic rings. The molecule has 31 heteroatoms. The van der Waals surface area contributed by atoms with Gasteiger partial charge in [-0.15, -0.1) is 0 Å². The van der Waals surface area contributed by atoms with Crippen LogP contribution in [0.15, 0.2) is 0 Å². The number of nitrogens with two attached hydrogens (primary N) is 1. The average Bonchev–Trinajstić information content (AvgIpc) is 3.30. The molecule has 0 rings (SSSR count). The Bertz CT molecular complexity index is 2010. The average molecular weight is 1170 g/mol. The van der Waals surface area contributed by atoms with Gasteiger partial charge in [0.05, 0.1) is 126 Å². The number of nitrogens with one attached hydrogen (secondary N) is 1.